The van der Waals surface area contributed by atoms with Crippen molar-refractivity contribution in [1.29, 1.82) is 0 Å². The van der Waals surface area contributed by atoms with E-state index in [1.54, 1.807) is 4.90 Å². The highest BCUT2D eigenvalue weighted by Crippen LogP contribution is 2.34. The van der Waals surface area contributed by atoms with Crippen LogP contribution in [0, 0.1) is 6.92 Å². The van der Waals surface area contributed by atoms with Crippen molar-refractivity contribution in [2.24, 2.45) is 0 Å². The molecule has 0 saturated carbocycles. The molecule has 1 fully saturated rings. The van der Waals surface area contributed by atoms with Gasteiger partial charge in [0.15, 0.2) is 5.13 Å². The van der Waals surface area contributed by atoms with Gasteiger partial charge in [-0.3, -0.25) is 14.6 Å². The second kappa shape index (κ2) is 11.3. The zero-order valence-electron chi connectivity index (χ0n) is 19.2. The molecule has 1 saturated heterocycles. The topological polar surface area (TPSA) is 54.9 Å². The maximum absolute atomic E-state index is 13.7. The minimum Gasteiger partial charge on any atom is -0.494 e. The van der Waals surface area contributed by atoms with Gasteiger partial charge in [-0.15, -0.1) is 0 Å². The van der Waals surface area contributed by atoms with Crippen molar-refractivity contribution in [2.75, 3.05) is 50.9 Å². The number of ether oxygens (including phenoxy) is 2. The monoisotopic (exact) mass is 487 g/mol. The molecule has 1 aromatic heterocycles. The molecule has 0 bridgehead atoms. The van der Waals surface area contributed by atoms with Crippen LogP contribution in [-0.2, 0) is 4.74 Å². The van der Waals surface area contributed by atoms with E-state index in [0.29, 0.717) is 34.6 Å². The van der Waals surface area contributed by atoms with Crippen LogP contribution < -0.4 is 9.64 Å². The Kier molecular flexibility index (Phi) is 8.20. The largest absolute Gasteiger partial charge is 0.494 e. The normalized spacial score (nSPS) is 14.5. The van der Waals surface area contributed by atoms with Crippen molar-refractivity contribution >= 4 is 44.2 Å². The number of morpholine rings is 1. The van der Waals surface area contributed by atoms with Crippen LogP contribution in [0.2, 0.25) is 5.02 Å². The Morgan fingerprint density at radius 3 is 2.88 bits per heavy atom. The van der Waals surface area contributed by atoms with E-state index >= 15 is 0 Å². The van der Waals surface area contributed by atoms with Crippen LogP contribution in [0.15, 0.2) is 36.4 Å². The van der Waals surface area contributed by atoms with Crippen LogP contribution in [0.25, 0.3) is 10.2 Å². The number of nitrogens with zero attached hydrogens (tertiary/aromatic N) is 3. The summed E-state index contributed by atoms with van der Waals surface area (Å²) in [5.74, 6) is 0.640. The molecule has 2 aromatic carbocycles. The summed E-state index contributed by atoms with van der Waals surface area (Å²) in [6, 6.07) is 11.3. The molecule has 2 heterocycles. The van der Waals surface area contributed by atoms with Crippen molar-refractivity contribution in [3.63, 3.8) is 0 Å². The first-order chi connectivity index (χ1) is 16.0. The number of aromatic nitrogens is 1. The van der Waals surface area contributed by atoms with Gasteiger partial charge in [-0.1, -0.05) is 42.3 Å². The van der Waals surface area contributed by atoms with Gasteiger partial charge in [-0.25, -0.2) is 4.98 Å². The first kappa shape index (κ1) is 24.0. The smallest absolute Gasteiger partial charge is 0.260 e. The number of carbonyl (C=O) groups is 1. The summed E-state index contributed by atoms with van der Waals surface area (Å²) in [5, 5.41) is 1.37. The van der Waals surface area contributed by atoms with Crippen LogP contribution >= 0.6 is 22.9 Å². The lowest BCUT2D eigenvalue weighted by molar-refractivity contribution is 0.0391. The number of fused-ring (bicyclic) bond motifs is 1. The van der Waals surface area contributed by atoms with E-state index in [1.807, 2.05) is 43.3 Å². The molecule has 0 spiro atoms. The number of anilines is 1. The second-order valence-corrected chi connectivity index (χ2v) is 9.65. The van der Waals surface area contributed by atoms with Crippen LogP contribution in [0.5, 0.6) is 5.75 Å². The summed E-state index contributed by atoms with van der Waals surface area (Å²) in [5.41, 5.74) is 2.49. The first-order valence-corrected chi connectivity index (χ1v) is 12.7. The van der Waals surface area contributed by atoms with E-state index in [1.165, 1.54) is 11.3 Å². The van der Waals surface area contributed by atoms with Gasteiger partial charge in [0.1, 0.15) is 5.75 Å². The molecule has 0 atom stereocenters. The minimum atomic E-state index is -0.0768. The summed E-state index contributed by atoms with van der Waals surface area (Å²) >= 11 is 7.77. The third-order valence-electron chi connectivity index (χ3n) is 5.71. The van der Waals surface area contributed by atoms with Crippen LogP contribution in [0.3, 0.4) is 0 Å². The Bertz CT molecular complexity index is 1100. The zero-order valence-corrected chi connectivity index (χ0v) is 20.8. The molecular formula is C25H30ClN3O3S. The average molecular weight is 488 g/mol. The van der Waals surface area contributed by atoms with Gasteiger partial charge in [0.25, 0.3) is 5.91 Å². The molecule has 8 heteroatoms. The van der Waals surface area contributed by atoms with Crippen molar-refractivity contribution < 1.29 is 14.3 Å². The quantitative estimate of drug-likeness (QED) is 0.377. The first-order valence-electron chi connectivity index (χ1n) is 11.5. The van der Waals surface area contributed by atoms with E-state index in [2.05, 4.69) is 11.8 Å². The summed E-state index contributed by atoms with van der Waals surface area (Å²) in [4.78, 5) is 22.6. The number of hydrogen-bond donors (Lipinski definition) is 0. The van der Waals surface area contributed by atoms with Gasteiger partial charge in [0, 0.05) is 36.8 Å². The fraction of sp³-hybridized carbons (Fsp3) is 0.440. The number of carbonyl (C=O) groups excluding carboxylic acids is 1. The fourth-order valence-corrected chi connectivity index (χ4v) is 5.26. The van der Waals surface area contributed by atoms with Gasteiger partial charge in [-0.2, -0.15) is 0 Å². The lowest BCUT2D eigenvalue weighted by Gasteiger charge is -2.29. The third kappa shape index (κ3) is 6.03. The predicted molar refractivity (Wildman–Crippen MR) is 135 cm³/mol. The molecular weight excluding hydrogens is 458 g/mol. The van der Waals surface area contributed by atoms with Crippen LogP contribution in [-0.4, -0.2) is 61.8 Å². The average Bonchev–Trinajstić information content (AvgIpc) is 3.24. The number of amides is 1. The van der Waals surface area contributed by atoms with Crippen LogP contribution in [0.1, 0.15) is 35.7 Å². The number of aryl methyl sites for hydroxylation is 1. The lowest BCUT2D eigenvalue weighted by Crippen LogP contribution is -2.43. The molecule has 0 unspecified atom stereocenters. The molecule has 6 nitrogen and oxygen atoms in total. The number of benzene rings is 2. The van der Waals surface area contributed by atoms with Crippen molar-refractivity contribution in [2.45, 2.75) is 26.7 Å². The lowest BCUT2D eigenvalue weighted by atomic mass is 10.2. The summed E-state index contributed by atoms with van der Waals surface area (Å²) in [6.07, 6.45) is 2.05. The van der Waals surface area contributed by atoms with E-state index in [0.717, 1.165) is 61.5 Å². The predicted octanol–water partition coefficient (Wildman–Crippen LogP) is 5.42. The molecule has 0 aliphatic carbocycles. The highest BCUT2D eigenvalue weighted by molar-refractivity contribution is 7.22. The summed E-state index contributed by atoms with van der Waals surface area (Å²) in [7, 11) is 0. The highest BCUT2D eigenvalue weighted by atomic mass is 35.5. The molecule has 33 heavy (non-hydrogen) atoms. The van der Waals surface area contributed by atoms with E-state index < -0.39 is 0 Å². The number of rotatable bonds is 9. The standard InChI is InChI=1S/C25H30ClN3O3S/c1-3-4-12-32-21-7-5-6-19(16-21)24(30)29(9-8-28-10-13-31-14-11-28)25-27-23-18(2)15-20(26)17-22(23)33-25/h5-7,15-17H,3-4,8-14H2,1-2H3. The Hall–Kier alpha value is -2.19. The van der Waals surface area contributed by atoms with E-state index in [4.69, 9.17) is 26.1 Å². The van der Waals surface area contributed by atoms with Gasteiger partial charge < -0.3 is 9.47 Å². The Morgan fingerprint density at radius 2 is 2.09 bits per heavy atom. The molecule has 1 aliphatic heterocycles. The maximum atomic E-state index is 13.7. The molecule has 4 rings (SSSR count). The van der Waals surface area contributed by atoms with Crippen LogP contribution in [0.4, 0.5) is 5.13 Å². The van der Waals surface area contributed by atoms with Crippen molar-refractivity contribution in [1.82, 2.24) is 9.88 Å². The molecule has 0 radical (unpaired) electrons. The molecule has 0 N–H and O–H groups in total. The number of halogens is 1. The Labute approximate surface area is 204 Å². The molecule has 3 aromatic rings. The van der Waals surface area contributed by atoms with Gasteiger partial charge in [0.05, 0.1) is 30.0 Å². The highest BCUT2D eigenvalue weighted by Gasteiger charge is 2.24. The van der Waals surface area contributed by atoms with E-state index in [-0.39, 0.29) is 5.91 Å². The molecule has 1 amide bonds. The molecule has 176 valence electrons. The van der Waals surface area contributed by atoms with E-state index in [9.17, 15) is 4.79 Å². The SMILES string of the molecule is CCCCOc1cccc(C(=O)N(CCN2CCOCC2)c2nc3c(C)cc(Cl)cc3s2)c1. The maximum Gasteiger partial charge on any atom is 0.260 e. The van der Waals surface area contributed by atoms with Gasteiger partial charge >= 0.3 is 0 Å². The molecule has 1 aliphatic rings. The Morgan fingerprint density at radius 1 is 1.27 bits per heavy atom. The number of thiazole rings is 1. The fourth-order valence-electron chi connectivity index (χ4n) is 3.82. The summed E-state index contributed by atoms with van der Waals surface area (Å²) < 4.78 is 12.3. The van der Waals surface area contributed by atoms with Crippen molar-refractivity contribution in [3.05, 3.63) is 52.5 Å². The minimum absolute atomic E-state index is 0.0768. The third-order valence-corrected chi connectivity index (χ3v) is 6.95. The summed E-state index contributed by atoms with van der Waals surface area (Å²) in [6.45, 7) is 9.27. The van der Waals surface area contributed by atoms with Gasteiger partial charge in [-0.05, 0) is 49.2 Å². The number of hydrogen-bond acceptors (Lipinski definition) is 6. The van der Waals surface area contributed by atoms with Crippen molar-refractivity contribution in [3.8, 4) is 5.75 Å². The van der Waals surface area contributed by atoms with Gasteiger partial charge in [0.2, 0.25) is 0 Å². The zero-order chi connectivity index (χ0) is 23.2. The Balaban J connectivity index is 1.61. The second-order valence-electron chi connectivity index (χ2n) is 8.21. The number of unbranched alkanes of at least 4 members (excludes halogenated alkanes) is 1.